The van der Waals surface area contributed by atoms with E-state index in [0.717, 1.165) is 5.56 Å². The molecule has 9 nitrogen and oxygen atoms in total. The van der Waals surface area contributed by atoms with Gasteiger partial charge in [-0.2, -0.15) is 0 Å². The lowest BCUT2D eigenvalue weighted by Crippen LogP contribution is -2.35. The van der Waals surface area contributed by atoms with E-state index in [2.05, 4.69) is 0 Å². The van der Waals surface area contributed by atoms with Gasteiger partial charge in [0.15, 0.2) is 11.5 Å². The smallest absolute Gasteiger partial charge is 0.340 e. The Labute approximate surface area is 201 Å². The van der Waals surface area contributed by atoms with Crippen molar-refractivity contribution in [2.45, 2.75) is 19.4 Å². The number of aryl methyl sites for hydroxylation is 1. The molecule has 180 valence electrons. The third-order valence-electron chi connectivity index (χ3n) is 6.18. The highest BCUT2D eigenvalue weighted by atomic mass is 16.7. The molecule has 5 rings (SSSR count). The standard InChI is InChI=1S/C26H24N2O7/c1-14-9-20-22(25(29)28(14)12-15-7-8-18-19(10-15)34-13-33-18)21(16-5-4-6-17(11-16)31-2)23(24(27)35-20)26(30)32-3/h4-11,21H,12-13,27H2,1-3H3/t21-/m0/s1. The number of pyridine rings is 1. The fourth-order valence-electron chi connectivity index (χ4n) is 4.47. The maximum atomic E-state index is 14.0. The van der Waals surface area contributed by atoms with Gasteiger partial charge in [0.1, 0.15) is 17.1 Å². The van der Waals surface area contributed by atoms with E-state index in [9.17, 15) is 9.59 Å². The molecule has 9 heteroatoms. The van der Waals surface area contributed by atoms with E-state index in [4.69, 9.17) is 29.4 Å². The van der Waals surface area contributed by atoms with E-state index in [1.54, 1.807) is 42.0 Å². The van der Waals surface area contributed by atoms with Crippen LogP contribution in [0.5, 0.6) is 23.0 Å². The van der Waals surface area contributed by atoms with Crippen molar-refractivity contribution in [1.29, 1.82) is 0 Å². The molecule has 0 unspecified atom stereocenters. The van der Waals surface area contributed by atoms with Gasteiger partial charge in [-0.25, -0.2) is 4.79 Å². The van der Waals surface area contributed by atoms with E-state index in [0.29, 0.717) is 39.8 Å². The van der Waals surface area contributed by atoms with Crippen molar-refractivity contribution in [2.24, 2.45) is 5.73 Å². The van der Waals surface area contributed by atoms with Crippen LogP contribution >= 0.6 is 0 Å². The average molecular weight is 476 g/mol. The molecular weight excluding hydrogens is 452 g/mol. The second-order valence-electron chi connectivity index (χ2n) is 8.22. The first-order valence-corrected chi connectivity index (χ1v) is 10.9. The molecule has 3 heterocycles. The van der Waals surface area contributed by atoms with Crippen LogP contribution in [-0.2, 0) is 16.1 Å². The highest BCUT2D eigenvalue weighted by molar-refractivity contribution is 5.92. The predicted molar refractivity (Wildman–Crippen MR) is 126 cm³/mol. The molecule has 35 heavy (non-hydrogen) atoms. The van der Waals surface area contributed by atoms with Gasteiger partial charge >= 0.3 is 5.97 Å². The molecule has 2 aliphatic rings. The SMILES string of the molecule is COC(=O)C1=C(N)Oc2cc(C)n(Cc3ccc4c(c3)OCO4)c(=O)c2[C@@H]1c1cccc(OC)c1. The quantitative estimate of drug-likeness (QED) is 0.560. The Kier molecular flexibility index (Phi) is 5.60. The summed E-state index contributed by atoms with van der Waals surface area (Å²) in [7, 11) is 2.80. The van der Waals surface area contributed by atoms with Crippen molar-refractivity contribution < 1.29 is 28.5 Å². The molecule has 0 aliphatic carbocycles. The number of carbonyl (C=O) groups excluding carboxylic acids is 1. The average Bonchev–Trinajstić information content (AvgIpc) is 3.33. The van der Waals surface area contributed by atoms with Crippen LogP contribution in [0, 0.1) is 6.92 Å². The number of benzene rings is 2. The van der Waals surface area contributed by atoms with Crippen LogP contribution < -0.4 is 30.2 Å². The molecule has 0 saturated carbocycles. The van der Waals surface area contributed by atoms with Crippen LogP contribution in [0.15, 0.2) is 64.8 Å². The Morgan fingerprint density at radius 1 is 1.09 bits per heavy atom. The fraction of sp³-hybridized carbons (Fsp3) is 0.231. The summed E-state index contributed by atoms with van der Waals surface area (Å²) in [6.45, 7) is 2.26. The monoisotopic (exact) mass is 476 g/mol. The number of hydrogen-bond acceptors (Lipinski definition) is 8. The first kappa shape index (κ1) is 22.4. The topological polar surface area (TPSA) is 111 Å². The van der Waals surface area contributed by atoms with Gasteiger partial charge in [-0.15, -0.1) is 0 Å². The predicted octanol–water partition coefficient (Wildman–Crippen LogP) is 2.81. The zero-order valence-electron chi connectivity index (χ0n) is 19.5. The number of nitrogens with two attached hydrogens (primary N) is 1. The van der Waals surface area contributed by atoms with Crippen molar-refractivity contribution in [3.8, 4) is 23.0 Å². The van der Waals surface area contributed by atoms with Crippen molar-refractivity contribution in [3.05, 3.63) is 92.7 Å². The van der Waals surface area contributed by atoms with E-state index in [-0.39, 0.29) is 30.4 Å². The number of nitrogens with zero attached hydrogens (tertiary/aromatic N) is 1. The van der Waals surface area contributed by atoms with Gasteiger partial charge in [-0.3, -0.25) is 4.79 Å². The number of rotatable bonds is 5. The minimum atomic E-state index is -0.808. The Morgan fingerprint density at radius 2 is 1.89 bits per heavy atom. The fourth-order valence-corrected chi connectivity index (χ4v) is 4.47. The van der Waals surface area contributed by atoms with E-state index < -0.39 is 11.9 Å². The molecule has 1 atom stereocenters. The number of fused-ring (bicyclic) bond motifs is 2. The normalized spacial score (nSPS) is 15.9. The number of methoxy groups -OCH3 is 2. The molecule has 0 bridgehead atoms. The Bertz CT molecular complexity index is 1420. The second kappa shape index (κ2) is 8.75. The zero-order chi connectivity index (χ0) is 24.7. The van der Waals surface area contributed by atoms with Crippen LogP contribution in [0.25, 0.3) is 0 Å². The van der Waals surface area contributed by atoms with Crippen LogP contribution in [0.4, 0.5) is 0 Å². The minimum absolute atomic E-state index is 0.0591. The maximum absolute atomic E-state index is 14.0. The molecule has 3 aromatic rings. The highest BCUT2D eigenvalue weighted by Crippen LogP contribution is 2.42. The third kappa shape index (κ3) is 3.84. The summed E-state index contributed by atoms with van der Waals surface area (Å²) in [4.78, 5) is 26.7. The first-order valence-electron chi connectivity index (χ1n) is 10.9. The molecule has 2 N–H and O–H groups in total. The van der Waals surface area contributed by atoms with Gasteiger partial charge in [0, 0.05) is 11.8 Å². The van der Waals surface area contributed by atoms with Crippen LogP contribution in [-0.4, -0.2) is 31.5 Å². The summed E-state index contributed by atoms with van der Waals surface area (Å²) in [5, 5.41) is 0. The third-order valence-corrected chi connectivity index (χ3v) is 6.18. The van der Waals surface area contributed by atoms with E-state index in [1.807, 2.05) is 25.1 Å². The van der Waals surface area contributed by atoms with Crippen molar-refractivity contribution in [1.82, 2.24) is 4.57 Å². The largest absolute Gasteiger partial charge is 0.497 e. The molecule has 1 aromatic heterocycles. The van der Waals surface area contributed by atoms with Crippen molar-refractivity contribution in [2.75, 3.05) is 21.0 Å². The van der Waals surface area contributed by atoms with Gasteiger partial charge in [0.05, 0.1) is 32.2 Å². The summed E-state index contributed by atoms with van der Waals surface area (Å²) in [6.07, 6.45) is 0. The van der Waals surface area contributed by atoms with Crippen LogP contribution in [0.1, 0.15) is 28.3 Å². The lowest BCUT2D eigenvalue weighted by molar-refractivity contribution is -0.136. The second-order valence-corrected chi connectivity index (χ2v) is 8.22. The molecular formula is C26H24N2O7. The summed E-state index contributed by atoms with van der Waals surface area (Å²) in [5.41, 5.74) is 8.39. The Morgan fingerprint density at radius 3 is 2.66 bits per heavy atom. The van der Waals surface area contributed by atoms with Crippen molar-refractivity contribution >= 4 is 5.97 Å². The van der Waals surface area contributed by atoms with E-state index in [1.165, 1.54) is 7.11 Å². The molecule has 0 fully saturated rings. The highest BCUT2D eigenvalue weighted by Gasteiger charge is 2.38. The van der Waals surface area contributed by atoms with Gasteiger partial charge in [0.25, 0.3) is 5.56 Å². The molecule has 2 aromatic carbocycles. The Balaban J connectivity index is 1.67. The lowest BCUT2D eigenvalue weighted by Gasteiger charge is -2.29. The van der Waals surface area contributed by atoms with E-state index >= 15 is 0 Å². The number of ether oxygens (including phenoxy) is 5. The first-order chi connectivity index (χ1) is 16.9. The summed E-state index contributed by atoms with van der Waals surface area (Å²) in [5.74, 6) is 0.578. The molecule has 0 radical (unpaired) electrons. The summed E-state index contributed by atoms with van der Waals surface area (Å²) in [6, 6.07) is 14.4. The zero-order valence-corrected chi connectivity index (χ0v) is 19.5. The lowest BCUT2D eigenvalue weighted by atomic mass is 9.83. The maximum Gasteiger partial charge on any atom is 0.340 e. The molecule has 0 amide bonds. The number of hydrogen-bond donors (Lipinski definition) is 1. The van der Waals surface area contributed by atoms with Crippen LogP contribution in [0.2, 0.25) is 0 Å². The number of carbonyl (C=O) groups is 1. The molecule has 2 aliphatic heterocycles. The number of esters is 1. The molecule has 0 saturated heterocycles. The van der Waals surface area contributed by atoms with Gasteiger partial charge in [0.2, 0.25) is 12.7 Å². The number of aromatic nitrogens is 1. The summed E-state index contributed by atoms with van der Waals surface area (Å²) >= 11 is 0. The summed E-state index contributed by atoms with van der Waals surface area (Å²) < 4.78 is 28.6. The Hall–Kier alpha value is -4.40. The van der Waals surface area contributed by atoms with Gasteiger partial charge < -0.3 is 34.0 Å². The molecule has 0 spiro atoms. The van der Waals surface area contributed by atoms with Crippen LogP contribution in [0.3, 0.4) is 0 Å². The van der Waals surface area contributed by atoms with Gasteiger partial charge in [-0.05, 0) is 42.3 Å². The van der Waals surface area contributed by atoms with Crippen molar-refractivity contribution in [3.63, 3.8) is 0 Å². The van der Waals surface area contributed by atoms with Gasteiger partial charge in [-0.1, -0.05) is 18.2 Å². The minimum Gasteiger partial charge on any atom is -0.497 e.